The van der Waals surface area contributed by atoms with Crippen LogP contribution in [0.2, 0.25) is 0 Å². The number of ether oxygens (including phenoxy) is 1. The summed E-state index contributed by atoms with van der Waals surface area (Å²) in [5.74, 6) is 1.45. The molecule has 0 saturated heterocycles. The summed E-state index contributed by atoms with van der Waals surface area (Å²) in [6, 6.07) is 8.32. The molecule has 1 heterocycles. The highest BCUT2D eigenvalue weighted by molar-refractivity contribution is 7.09. The highest BCUT2D eigenvalue weighted by atomic mass is 32.1. The SMILES string of the molecule is CCCNCc1nc(COc2ccc(C(C)C)cc2)cs1. The van der Waals surface area contributed by atoms with E-state index in [0.717, 1.165) is 36.0 Å². The lowest BCUT2D eigenvalue weighted by Gasteiger charge is -2.07. The molecule has 1 aromatic heterocycles. The van der Waals surface area contributed by atoms with Crippen LogP contribution in [-0.2, 0) is 13.2 Å². The molecule has 0 saturated carbocycles. The number of hydrogen-bond acceptors (Lipinski definition) is 4. The van der Waals surface area contributed by atoms with Gasteiger partial charge >= 0.3 is 0 Å². The van der Waals surface area contributed by atoms with E-state index < -0.39 is 0 Å². The van der Waals surface area contributed by atoms with Crippen LogP contribution in [0.15, 0.2) is 29.6 Å². The minimum atomic E-state index is 0.533. The number of benzene rings is 1. The number of aromatic nitrogens is 1. The second kappa shape index (κ2) is 8.15. The fourth-order valence-electron chi connectivity index (χ4n) is 1.97. The fraction of sp³-hybridized carbons (Fsp3) is 0.471. The predicted octanol–water partition coefficient (Wildman–Crippen LogP) is 4.35. The van der Waals surface area contributed by atoms with Crippen molar-refractivity contribution in [3.05, 3.63) is 45.9 Å². The molecular formula is C17H24N2OS. The minimum absolute atomic E-state index is 0.533. The van der Waals surface area contributed by atoms with Crippen LogP contribution in [-0.4, -0.2) is 11.5 Å². The van der Waals surface area contributed by atoms with E-state index in [1.165, 1.54) is 5.56 Å². The molecule has 2 aromatic rings. The summed E-state index contributed by atoms with van der Waals surface area (Å²) in [6.07, 6.45) is 1.15. The van der Waals surface area contributed by atoms with Gasteiger partial charge in [0.25, 0.3) is 0 Å². The van der Waals surface area contributed by atoms with Crippen molar-refractivity contribution in [3.63, 3.8) is 0 Å². The van der Waals surface area contributed by atoms with Gasteiger partial charge in [-0.1, -0.05) is 32.9 Å². The van der Waals surface area contributed by atoms with Gasteiger partial charge in [-0.15, -0.1) is 11.3 Å². The molecule has 0 aliphatic carbocycles. The Kier molecular flexibility index (Phi) is 6.21. The zero-order valence-electron chi connectivity index (χ0n) is 13.1. The molecule has 0 aliphatic heterocycles. The Morgan fingerprint density at radius 3 is 2.67 bits per heavy atom. The fourth-order valence-corrected chi connectivity index (χ4v) is 2.72. The van der Waals surface area contributed by atoms with E-state index in [-0.39, 0.29) is 0 Å². The summed E-state index contributed by atoms with van der Waals surface area (Å²) >= 11 is 1.69. The molecule has 4 heteroatoms. The number of thiazole rings is 1. The van der Waals surface area contributed by atoms with Crippen molar-refractivity contribution < 1.29 is 4.74 Å². The first-order chi connectivity index (χ1) is 10.2. The monoisotopic (exact) mass is 304 g/mol. The van der Waals surface area contributed by atoms with Crippen LogP contribution in [0.3, 0.4) is 0 Å². The third-order valence-corrected chi connectivity index (χ3v) is 4.13. The van der Waals surface area contributed by atoms with E-state index in [9.17, 15) is 0 Å². The maximum atomic E-state index is 5.79. The van der Waals surface area contributed by atoms with Crippen LogP contribution in [0.25, 0.3) is 0 Å². The highest BCUT2D eigenvalue weighted by Crippen LogP contribution is 2.19. The Labute approximate surface area is 131 Å². The lowest BCUT2D eigenvalue weighted by molar-refractivity contribution is 0.301. The molecular weight excluding hydrogens is 280 g/mol. The van der Waals surface area contributed by atoms with E-state index >= 15 is 0 Å². The lowest BCUT2D eigenvalue weighted by Crippen LogP contribution is -2.13. The summed E-state index contributed by atoms with van der Waals surface area (Å²) in [7, 11) is 0. The molecule has 0 aliphatic rings. The van der Waals surface area contributed by atoms with E-state index in [4.69, 9.17) is 4.74 Å². The van der Waals surface area contributed by atoms with Gasteiger partial charge in [-0.2, -0.15) is 0 Å². The average molecular weight is 304 g/mol. The maximum absolute atomic E-state index is 5.79. The quantitative estimate of drug-likeness (QED) is 0.736. The van der Waals surface area contributed by atoms with E-state index in [1.54, 1.807) is 11.3 Å². The second-order valence-electron chi connectivity index (χ2n) is 5.42. The van der Waals surface area contributed by atoms with Gasteiger partial charge in [0.1, 0.15) is 17.4 Å². The van der Waals surface area contributed by atoms with Crippen molar-refractivity contribution >= 4 is 11.3 Å². The van der Waals surface area contributed by atoms with Gasteiger partial charge in [0.15, 0.2) is 0 Å². The van der Waals surface area contributed by atoms with Crippen LogP contribution >= 0.6 is 11.3 Å². The van der Waals surface area contributed by atoms with Crippen LogP contribution in [0, 0.1) is 0 Å². The van der Waals surface area contributed by atoms with Crippen molar-refractivity contribution in [1.82, 2.24) is 10.3 Å². The third-order valence-electron chi connectivity index (χ3n) is 3.24. The largest absolute Gasteiger partial charge is 0.487 e. The molecule has 0 fully saturated rings. The standard InChI is InChI=1S/C17H24N2OS/c1-4-9-18-10-17-19-15(12-21-17)11-20-16-7-5-14(6-8-16)13(2)3/h5-8,12-13,18H,4,9-11H2,1-3H3. The van der Waals surface area contributed by atoms with Crippen molar-refractivity contribution in [2.45, 2.75) is 46.3 Å². The van der Waals surface area contributed by atoms with Gasteiger partial charge in [-0.3, -0.25) is 0 Å². The van der Waals surface area contributed by atoms with Crippen molar-refractivity contribution in [2.75, 3.05) is 6.54 Å². The average Bonchev–Trinajstić information content (AvgIpc) is 2.94. The van der Waals surface area contributed by atoms with Crippen LogP contribution < -0.4 is 10.1 Å². The highest BCUT2D eigenvalue weighted by Gasteiger charge is 2.04. The van der Waals surface area contributed by atoms with E-state index in [0.29, 0.717) is 12.5 Å². The molecule has 114 valence electrons. The third kappa shape index (κ3) is 5.14. The van der Waals surface area contributed by atoms with Crippen molar-refractivity contribution in [2.24, 2.45) is 0 Å². The first-order valence-electron chi connectivity index (χ1n) is 7.55. The Morgan fingerprint density at radius 1 is 1.24 bits per heavy atom. The summed E-state index contributed by atoms with van der Waals surface area (Å²) in [5.41, 5.74) is 2.33. The second-order valence-corrected chi connectivity index (χ2v) is 6.36. The number of nitrogens with one attached hydrogen (secondary N) is 1. The summed E-state index contributed by atoms with van der Waals surface area (Å²) in [5, 5.41) is 6.56. The van der Waals surface area contributed by atoms with Gasteiger partial charge < -0.3 is 10.1 Å². The summed E-state index contributed by atoms with van der Waals surface area (Å²) in [6.45, 7) is 8.97. The molecule has 2 rings (SSSR count). The van der Waals surface area contributed by atoms with Crippen LogP contribution in [0.5, 0.6) is 5.75 Å². The van der Waals surface area contributed by atoms with Crippen molar-refractivity contribution in [1.29, 1.82) is 0 Å². The summed E-state index contributed by atoms with van der Waals surface area (Å²) < 4.78 is 5.79. The number of rotatable bonds is 8. The molecule has 0 spiro atoms. The van der Waals surface area contributed by atoms with Crippen LogP contribution in [0.1, 0.15) is 49.4 Å². The Bertz CT molecular complexity index is 534. The van der Waals surface area contributed by atoms with Gasteiger partial charge in [-0.25, -0.2) is 4.98 Å². The molecule has 0 bridgehead atoms. The predicted molar refractivity (Wildman–Crippen MR) is 89.0 cm³/mol. The summed E-state index contributed by atoms with van der Waals surface area (Å²) in [4.78, 5) is 4.57. The maximum Gasteiger partial charge on any atom is 0.131 e. The topological polar surface area (TPSA) is 34.2 Å². The molecule has 21 heavy (non-hydrogen) atoms. The zero-order chi connectivity index (χ0) is 15.1. The van der Waals surface area contributed by atoms with E-state index in [1.807, 2.05) is 12.1 Å². The lowest BCUT2D eigenvalue weighted by atomic mass is 10.0. The van der Waals surface area contributed by atoms with Crippen molar-refractivity contribution in [3.8, 4) is 5.75 Å². The van der Waals surface area contributed by atoms with Gasteiger partial charge in [0.2, 0.25) is 0 Å². The molecule has 0 unspecified atom stereocenters. The normalized spacial score (nSPS) is 11.0. The molecule has 0 radical (unpaired) electrons. The Morgan fingerprint density at radius 2 is 2.00 bits per heavy atom. The van der Waals surface area contributed by atoms with Gasteiger partial charge in [0, 0.05) is 11.9 Å². The zero-order valence-corrected chi connectivity index (χ0v) is 13.9. The Hall–Kier alpha value is -1.39. The molecule has 0 atom stereocenters. The Balaban J connectivity index is 1.82. The smallest absolute Gasteiger partial charge is 0.131 e. The molecule has 1 aromatic carbocycles. The van der Waals surface area contributed by atoms with Crippen LogP contribution in [0.4, 0.5) is 0 Å². The number of nitrogens with zero attached hydrogens (tertiary/aromatic N) is 1. The first-order valence-corrected chi connectivity index (χ1v) is 8.43. The van der Waals surface area contributed by atoms with E-state index in [2.05, 4.69) is 48.6 Å². The minimum Gasteiger partial charge on any atom is -0.487 e. The number of hydrogen-bond donors (Lipinski definition) is 1. The first kappa shape index (κ1) is 16.0. The van der Waals surface area contributed by atoms with Gasteiger partial charge in [0.05, 0.1) is 5.69 Å². The molecule has 1 N–H and O–H groups in total. The van der Waals surface area contributed by atoms with Gasteiger partial charge in [-0.05, 0) is 36.6 Å². The molecule has 0 amide bonds. The molecule has 3 nitrogen and oxygen atoms in total.